The quantitative estimate of drug-likeness (QED) is 0.677. The van der Waals surface area contributed by atoms with Crippen LogP contribution in [0, 0.1) is 12.7 Å². The van der Waals surface area contributed by atoms with E-state index in [0.29, 0.717) is 6.61 Å². The second kappa shape index (κ2) is 7.52. The molecular weight excluding hydrogens is 412 g/mol. The monoisotopic (exact) mass is 432 g/mol. The standard InChI is InChI=1S/C17H20F4N6O3/c1-9-8-29-6-5-25(9)14-13(18)15(28)26-4-3-11(17(19,20)21)27(16(26)23-14)7-12-22-10(2)30-24-12/h9,11H,3-8H2,1-2H3/t9-,11?/m1/s1. The predicted octanol–water partition coefficient (Wildman–Crippen LogP) is 1.64. The Kier molecular flexibility index (Phi) is 5.16. The van der Waals surface area contributed by atoms with Gasteiger partial charge in [0.05, 0.1) is 25.8 Å². The molecule has 30 heavy (non-hydrogen) atoms. The molecule has 0 amide bonds. The molecule has 2 aliphatic rings. The highest BCUT2D eigenvalue weighted by molar-refractivity contribution is 5.48. The highest BCUT2D eigenvalue weighted by atomic mass is 19.4. The Morgan fingerprint density at radius 1 is 1.23 bits per heavy atom. The fourth-order valence-electron chi connectivity index (χ4n) is 3.79. The Bertz CT molecular complexity index is 991. The Labute approximate surface area is 168 Å². The summed E-state index contributed by atoms with van der Waals surface area (Å²) in [6.07, 6.45) is -5.02. The lowest BCUT2D eigenvalue weighted by molar-refractivity contribution is -0.153. The van der Waals surface area contributed by atoms with Crippen molar-refractivity contribution >= 4 is 11.8 Å². The molecule has 0 N–H and O–H groups in total. The van der Waals surface area contributed by atoms with Crippen LogP contribution in [-0.2, 0) is 17.8 Å². The summed E-state index contributed by atoms with van der Waals surface area (Å²) in [6.45, 7) is 3.42. The third kappa shape index (κ3) is 3.61. The Morgan fingerprint density at radius 3 is 2.63 bits per heavy atom. The number of anilines is 2. The summed E-state index contributed by atoms with van der Waals surface area (Å²) in [5, 5.41) is 3.65. The molecule has 2 atom stereocenters. The van der Waals surface area contributed by atoms with Gasteiger partial charge in [-0.05, 0) is 13.3 Å². The van der Waals surface area contributed by atoms with Crippen molar-refractivity contribution in [3.8, 4) is 0 Å². The first kappa shape index (κ1) is 20.6. The number of morpholine rings is 1. The molecule has 1 unspecified atom stereocenters. The van der Waals surface area contributed by atoms with E-state index in [0.717, 1.165) is 9.47 Å². The molecule has 0 bridgehead atoms. The zero-order valence-corrected chi connectivity index (χ0v) is 16.3. The van der Waals surface area contributed by atoms with Gasteiger partial charge in [0.2, 0.25) is 17.7 Å². The number of aryl methyl sites for hydroxylation is 1. The third-order valence-corrected chi connectivity index (χ3v) is 5.23. The first-order valence-electron chi connectivity index (χ1n) is 9.44. The van der Waals surface area contributed by atoms with Crippen molar-refractivity contribution in [1.82, 2.24) is 19.7 Å². The minimum absolute atomic E-state index is 0.00932. The second-order valence-corrected chi connectivity index (χ2v) is 7.33. The van der Waals surface area contributed by atoms with Gasteiger partial charge in [0.15, 0.2) is 11.6 Å². The molecule has 4 rings (SSSR count). The van der Waals surface area contributed by atoms with Crippen molar-refractivity contribution in [1.29, 1.82) is 0 Å². The number of rotatable bonds is 3. The summed E-state index contributed by atoms with van der Waals surface area (Å²) in [4.78, 5) is 23.3. The molecule has 4 heterocycles. The molecule has 0 saturated carbocycles. The number of ether oxygens (including phenoxy) is 1. The molecule has 0 aromatic carbocycles. The third-order valence-electron chi connectivity index (χ3n) is 5.23. The largest absolute Gasteiger partial charge is 0.408 e. The Balaban J connectivity index is 1.83. The maximum Gasteiger partial charge on any atom is 0.408 e. The molecule has 2 aromatic rings. The van der Waals surface area contributed by atoms with Gasteiger partial charge in [-0.3, -0.25) is 9.36 Å². The van der Waals surface area contributed by atoms with Crippen molar-refractivity contribution in [2.75, 3.05) is 29.6 Å². The molecule has 2 aliphatic heterocycles. The van der Waals surface area contributed by atoms with Crippen molar-refractivity contribution in [3.63, 3.8) is 0 Å². The second-order valence-electron chi connectivity index (χ2n) is 7.33. The van der Waals surface area contributed by atoms with E-state index in [9.17, 15) is 22.4 Å². The lowest BCUT2D eigenvalue weighted by atomic mass is 10.1. The zero-order valence-electron chi connectivity index (χ0n) is 16.3. The number of alkyl halides is 3. The van der Waals surface area contributed by atoms with Crippen LogP contribution in [-0.4, -0.2) is 57.7 Å². The van der Waals surface area contributed by atoms with Crippen LogP contribution in [0.15, 0.2) is 9.32 Å². The molecule has 0 aliphatic carbocycles. The molecule has 9 nitrogen and oxygen atoms in total. The van der Waals surface area contributed by atoms with Crippen molar-refractivity contribution in [2.45, 2.75) is 51.6 Å². The molecule has 1 fully saturated rings. The molecule has 1 saturated heterocycles. The zero-order chi connectivity index (χ0) is 21.6. The molecular formula is C17H20F4N6O3. The van der Waals surface area contributed by atoms with E-state index in [1.54, 1.807) is 6.92 Å². The van der Waals surface area contributed by atoms with Gasteiger partial charge in [-0.2, -0.15) is 27.5 Å². The van der Waals surface area contributed by atoms with Crippen LogP contribution in [0.5, 0.6) is 0 Å². The van der Waals surface area contributed by atoms with Crippen LogP contribution >= 0.6 is 0 Å². The Hall–Kier alpha value is -2.70. The topological polar surface area (TPSA) is 89.5 Å². The molecule has 0 spiro atoms. The first-order valence-corrected chi connectivity index (χ1v) is 9.44. The normalized spacial score (nSPS) is 22.3. The van der Waals surface area contributed by atoms with Gasteiger partial charge in [0.1, 0.15) is 6.04 Å². The van der Waals surface area contributed by atoms with Gasteiger partial charge in [-0.15, -0.1) is 0 Å². The fourth-order valence-corrected chi connectivity index (χ4v) is 3.79. The van der Waals surface area contributed by atoms with Crippen LogP contribution < -0.4 is 15.4 Å². The minimum atomic E-state index is -4.59. The van der Waals surface area contributed by atoms with Gasteiger partial charge >= 0.3 is 6.18 Å². The lowest BCUT2D eigenvalue weighted by Crippen LogP contribution is -2.53. The van der Waals surface area contributed by atoms with Crippen LogP contribution in [0.4, 0.5) is 29.3 Å². The lowest BCUT2D eigenvalue weighted by Gasteiger charge is -2.40. The van der Waals surface area contributed by atoms with E-state index in [1.165, 1.54) is 11.8 Å². The number of nitrogens with zero attached hydrogens (tertiary/aromatic N) is 6. The first-order chi connectivity index (χ1) is 14.2. The van der Waals surface area contributed by atoms with Crippen LogP contribution in [0.2, 0.25) is 0 Å². The van der Waals surface area contributed by atoms with Crippen LogP contribution in [0.3, 0.4) is 0 Å². The highest BCUT2D eigenvalue weighted by Gasteiger charge is 2.47. The van der Waals surface area contributed by atoms with Crippen LogP contribution in [0.25, 0.3) is 0 Å². The Morgan fingerprint density at radius 2 is 2.00 bits per heavy atom. The van der Waals surface area contributed by atoms with Crippen molar-refractivity contribution in [3.05, 3.63) is 27.9 Å². The fraction of sp³-hybridized carbons (Fsp3) is 0.647. The van der Waals surface area contributed by atoms with E-state index in [4.69, 9.17) is 9.26 Å². The molecule has 13 heteroatoms. The van der Waals surface area contributed by atoms with E-state index >= 15 is 0 Å². The smallest absolute Gasteiger partial charge is 0.377 e. The van der Waals surface area contributed by atoms with Crippen molar-refractivity contribution < 1.29 is 26.8 Å². The summed E-state index contributed by atoms with van der Waals surface area (Å²) >= 11 is 0. The number of fused-ring (bicyclic) bond motifs is 1. The number of hydrogen-bond acceptors (Lipinski definition) is 8. The van der Waals surface area contributed by atoms with Gasteiger partial charge in [0, 0.05) is 20.0 Å². The predicted molar refractivity (Wildman–Crippen MR) is 95.8 cm³/mol. The van der Waals surface area contributed by atoms with Crippen LogP contribution in [0.1, 0.15) is 25.1 Å². The van der Waals surface area contributed by atoms with E-state index in [-0.39, 0.29) is 49.2 Å². The van der Waals surface area contributed by atoms with E-state index < -0.39 is 36.6 Å². The van der Waals surface area contributed by atoms with E-state index in [1.807, 2.05) is 0 Å². The van der Waals surface area contributed by atoms with Gasteiger partial charge in [0.25, 0.3) is 5.56 Å². The van der Waals surface area contributed by atoms with Gasteiger partial charge < -0.3 is 19.1 Å². The summed E-state index contributed by atoms with van der Waals surface area (Å²) in [6, 6.07) is -2.22. The molecule has 164 valence electrons. The van der Waals surface area contributed by atoms with E-state index in [2.05, 4.69) is 15.1 Å². The average Bonchev–Trinajstić information content (AvgIpc) is 3.09. The van der Waals surface area contributed by atoms with Gasteiger partial charge in [-0.1, -0.05) is 5.16 Å². The molecule has 2 aromatic heterocycles. The summed E-state index contributed by atoms with van der Waals surface area (Å²) < 4.78 is 67.3. The highest BCUT2D eigenvalue weighted by Crippen LogP contribution is 2.35. The summed E-state index contributed by atoms with van der Waals surface area (Å²) in [7, 11) is 0. The summed E-state index contributed by atoms with van der Waals surface area (Å²) in [5.74, 6) is -1.44. The average molecular weight is 432 g/mol. The van der Waals surface area contributed by atoms with Gasteiger partial charge in [-0.25, -0.2) is 0 Å². The number of hydrogen-bond donors (Lipinski definition) is 0. The number of aromatic nitrogens is 4. The molecule has 0 radical (unpaired) electrons. The minimum Gasteiger partial charge on any atom is -0.377 e. The number of halogens is 4. The maximum atomic E-state index is 14.9. The van der Waals surface area contributed by atoms with Crippen molar-refractivity contribution in [2.24, 2.45) is 0 Å². The maximum absolute atomic E-state index is 14.9. The SMILES string of the molecule is Cc1nc(CN2c3nc(N4CCOC[C@H]4C)c(F)c(=O)n3CCC2C(F)(F)F)no1. The summed E-state index contributed by atoms with van der Waals surface area (Å²) in [5.41, 5.74) is -1.01.